The van der Waals surface area contributed by atoms with Crippen LogP contribution < -0.4 is 4.74 Å². The standard InChI is InChI=1S/C18H23N3O2/c1-4-14-7-5-6-8-17(14)23-12-18(22)21-10-9-15-13(2)19-20(3)16(15)11-21/h5-8H,4,9-12H2,1-3H3. The van der Waals surface area contributed by atoms with Crippen LogP contribution in [0, 0.1) is 6.92 Å². The van der Waals surface area contributed by atoms with Crippen LogP contribution in [0.5, 0.6) is 5.75 Å². The van der Waals surface area contributed by atoms with Gasteiger partial charge >= 0.3 is 0 Å². The molecule has 0 unspecified atom stereocenters. The second kappa shape index (κ2) is 6.44. The lowest BCUT2D eigenvalue weighted by Gasteiger charge is -2.27. The number of amides is 1. The number of fused-ring (bicyclic) bond motifs is 1. The molecule has 2 heterocycles. The van der Waals surface area contributed by atoms with Crippen LogP contribution in [-0.4, -0.2) is 33.7 Å². The van der Waals surface area contributed by atoms with Gasteiger partial charge in [0.05, 0.1) is 17.9 Å². The van der Waals surface area contributed by atoms with E-state index in [0.29, 0.717) is 6.54 Å². The maximum Gasteiger partial charge on any atom is 0.260 e. The number of nitrogens with zero attached hydrogens (tertiary/aromatic N) is 3. The van der Waals surface area contributed by atoms with Crippen LogP contribution in [0.15, 0.2) is 24.3 Å². The van der Waals surface area contributed by atoms with Crippen LogP contribution in [-0.2, 0) is 31.2 Å². The van der Waals surface area contributed by atoms with Gasteiger partial charge in [-0.2, -0.15) is 5.10 Å². The number of benzene rings is 1. The first-order valence-electron chi connectivity index (χ1n) is 8.10. The molecule has 5 heteroatoms. The van der Waals surface area contributed by atoms with Crippen LogP contribution in [0.2, 0.25) is 0 Å². The van der Waals surface area contributed by atoms with E-state index in [4.69, 9.17) is 4.74 Å². The molecule has 0 saturated heterocycles. The Morgan fingerprint density at radius 2 is 2.13 bits per heavy atom. The fourth-order valence-electron chi connectivity index (χ4n) is 3.16. The van der Waals surface area contributed by atoms with Crippen molar-refractivity contribution in [2.45, 2.75) is 33.2 Å². The molecular weight excluding hydrogens is 290 g/mol. The van der Waals surface area contributed by atoms with Gasteiger partial charge < -0.3 is 9.64 Å². The molecular formula is C18H23N3O2. The minimum Gasteiger partial charge on any atom is -0.483 e. The average molecular weight is 313 g/mol. The van der Waals surface area contributed by atoms with E-state index < -0.39 is 0 Å². The van der Waals surface area contributed by atoms with Crippen LogP contribution >= 0.6 is 0 Å². The minimum absolute atomic E-state index is 0.0282. The van der Waals surface area contributed by atoms with Crippen molar-refractivity contribution in [1.82, 2.24) is 14.7 Å². The topological polar surface area (TPSA) is 47.4 Å². The summed E-state index contributed by atoms with van der Waals surface area (Å²) in [7, 11) is 1.94. The fourth-order valence-corrected chi connectivity index (χ4v) is 3.16. The first kappa shape index (κ1) is 15.6. The predicted molar refractivity (Wildman–Crippen MR) is 88.4 cm³/mol. The summed E-state index contributed by atoms with van der Waals surface area (Å²) >= 11 is 0. The zero-order valence-corrected chi connectivity index (χ0v) is 14.0. The van der Waals surface area contributed by atoms with Crippen molar-refractivity contribution in [2.24, 2.45) is 7.05 Å². The van der Waals surface area contributed by atoms with Gasteiger partial charge in [-0.25, -0.2) is 0 Å². The lowest BCUT2D eigenvalue weighted by molar-refractivity contribution is -0.134. The largest absolute Gasteiger partial charge is 0.483 e. The zero-order valence-electron chi connectivity index (χ0n) is 14.0. The first-order valence-corrected chi connectivity index (χ1v) is 8.10. The van der Waals surface area contributed by atoms with E-state index in [-0.39, 0.29) is 12.5 Å². The molecule has 0 aliphatic carbocycles. The van der Waals surface area contributed by atoms with Gasteiger partial charge in [0, 0.05) is 13.6 Å². The van der Waals surface area contributed by atoms with Crippen LogP contribution in [0.25, 0.3) is 0 Å². The molecule has 0 spiro atoms. The van der Waals surface area contributed by atoms with Crippen LogP contribution in [0.3, 0.4) is 0 Å². The molecule has 1 aromatic carbocycles. The van der Waals surface area contributed by atoms with Gasteiger partial charge in [-0.05, 0) is 37.0 Å². The lowest BCUT2D eigenvalue weighted by Crippen LogP contribution is -2.39. The molecule has 1 aliphatic heterocycles. The summed E-state index contributed by atoms with van der Waals surface area (Å²) in [5.74, 6) is 0.831. The third-order valence-corrected chi connectivity index (χ3v) is 4.51. The smallest absolute Gasteiger partial charge is 0.260 e. The molecule has 23 heavy (non-hydrogen) atoms. The molecule has 0 N–H and O–H groups in total. The molecule has 1 aromatic heterocycles. The second-order valence-electron chi connectivity index (χ2n) is 5.95. The van der Waals surface area contributed by atoms with Crippen molar-refractivity contribution in [1.29, 1.82) is 0 Å². The lowest BCUT2D eigenvalue weighted by atomic mass is 10.0. The monoisotopic (exact) mass is 313 g/mol. The summed E-state index contributed by atoms with van der Waals surface area (Å²) in [5, 5.41) is 4.45. The summed E-state index contributed by atoms with van der Waals surface area (Å²) in [6.45, 7) is 5.55. The number of ether oxygens (including phenoxy) is 1. The number of carbonyl (C=O) groups is 1. The van der Waals surface area contributed by atoms with Gasteiger partial charge in [-0.15, -0.1) is 0 Å². The van der Waals surface area contributed by atoms with E-state index in [9.17, 15) is 4.79 Å². The Kier molecular flexibility index (Phi) is 4.37. The van der Waals surface area contributed by atoms with Gasteiger partial charge in [0.15, 0.2) is 6.61 Å². The highest BCUT2D eigenvalue weighted by molar-refractivity contribution is 5.78. The molecule has 2 aromatic rings. The van der Waals surface area contributed by atoms with Crippen molar-refractivity contribution in [2.75, 3.05) is 13.2 Å². The molecule has 3 rings (SSSR count). The number of para-hydroxylation sites is 1. The summed E-state index contributed by atoms with van der Waals surface area (Å²) in [4.78, 5) is 14.3. The van der Waals surface area contributed by atoms with E-state index in [2.05, 4.69) is 12.0 Å². The van der Waals surface area contributed by atoms with E-state index in [1.807, 2.05) is 47.8 Å². The number of rotatable bonds is 4. The van der Waals surface area contributed by atoms with Crippen molar-refractivity contribution in [3.8, 4) is 5.75 Å². The summed E-state index contributed by atoms with van der Waals surface area (Å²) < 4.78 is 7.64. The minimum atomic E-state index is 0.0282. The van der Waals surface area contributed by atoms with Crippen molar-refractivity contribution >= 4 is 5.91 Å². The van der Waals surface area contributed by atoms with Gasteiger partial charge in [-0.3, -0.25) is 9.48 Å². The maximum absolute atomic E-state index is 12.5. The summed E-state index contributed by atoms with van der Waals surface area (Å²) in [6.07, 6.45) is 1.76. The molecule has 0 fully saturated rings. The number of aryl methyl sites for hydroxylation is 3. The van der Waals surface area contributed by atoms with Gasteiger partial charge in [0.1, 0.15) is 5.75 Å². The summed E-state index contributed by atoms with van der Waals surface area (Å²) in [5.41, 5.74) is 4.62. The Labute approximate surface area is 136 Å². The zero-order chi connectivity index (χ0) is 16.4. The molecule has 122 valence electrons. The molecule has 5 nitrogen and oxygen atoms in total. The van der Waals surface area contributed by atoms with E-state index in [1.165, 1.54) is 5.56 Å². The number of hydrogen-bond acceptors (Lipinski definition) is 3. The molecule has 0 bridgehead atoms. The van der Waals surface area contributed by atoms with Crippen LogP contribution in [0.4, 0.5) is 0 Å². The van der Waals surface area contributed by atoms with Crippen molar-refractivity contribution in [3.05, 3.63) is 46.8 Å². The Hall–Kier alpha value is -2.30. The van der Waals surface area contributed by atoms with Crippen molar-refractivity contribution in [3.63, 3.8) is 0 Å². The SMILES string of the molecule is CCc1ccccc1OCC(=O)N1CCc2c(C)nn(C)c2C1. The quantitative estimate of drug-likeness (QED) is 0.870. The summed E-state index contributed by atoms with van der Waals surface area (Å²) in [6, 6.07) is 7.88. The Morgan fingerprint density at radius 1 is 1.35 bits per heavy atom. The molecule has 1 aliphatic rings. The molecule has 0 radical (unpaired) electrons. The highest BCUT2D eigenvalue weighted by atomic mass is 16.5. The Morgan fingerprint density at radius 3 is 2.91 bits per heavy atom. The van der Waals surface area contributed by atoms with E-state index >= 15 is 0 Å². The second-order valence-corrected chi connectivity index (χ2v) is 5.95. The fraction of sp³-hybridized carbons (Fsp3) is 0.444. The maximum atomic E-state index is 12.5. The highest BCUT2D eigenvalue weighted by Crippen LogP contribution is 2.22. The van der Waals surface area contributed by atoms with Gasteiger partial charge in [-0.1, -0.05) is 25.1 Å². The van der Waals surface area contributed by atoms with Crippen LogP contribution in [0.1, 0.15) is 29.4 Å². The van der Waals surface area contributed by atoms with Crippen molar-refractivity contribution < 1.29 is 9.53 Å². The molecule has 0 atom stereocenters. The number of aromatic nitrogens is 2. The number of hydrogen-bond donors (Lipinski definition) is 0. The molecule has 0 saturated carbocycles. The predicted octanol–water partition coefficient (Wildman–Crippen LogP) is 2.25. The first-order chi connectivity index (χ1) is 11.1. The Bertz CT molecular complexity index is 721. The van der Waals surface area contributed by atoms with Gasteiger partial charge in [0.25, 0.3) is 5.91 Å². The van der Waals surface area contributed by atoms with E-state index in [0.717, 1.165) is 42.1 Å². The normalized spacial score (nSPS) is 13.8. The van der Waals surface area contributed by atoms with E-state index in [1.54, 1.807) is 0 Å². The molecule has 1 amide bonds. The average Bonchev–Trinajstić information content (AvgIpc) is 2.86. The number of carbonyl (C=O) groups excluding carboxylic acids is 1. The highest BCUT2D eigenvalue weighted by Gasteiger charge is 2.25. The third-order valence-electron chi connectivity index (χ3n) is 4.51. The third kappa shape index (κ3) is 3.09. The van der Waals surface area contributed by atoms with Gasteiger partial charge in [0.2, 0.25) is 0 Å². The Balaban J connectivity index is 1.64.